The lowest BCUT2D eigenvalue weighted by Crippen LogP contribution is -2.37. The van der Waals surface area contributed by atoms with Crippen LogP contribution in [0.25, 0.3) is 0 Å². The third kappa shape index (κ3) is 2.12. The van der Waals surface area contributed by atoms with Crippen molar-refractivity contribution >= 4 is 15.6 Å². The van der Waals surface area contributed by atoms with Crippen molar-refractivity contribution in [3.8, 4) is 0 Å². The number of rotatable bonds is 0. The molecule has 0 fully saturated rings. The van der Waals surface area contributed by atoms with Crippen molar-refractivity contribution in [1.29, 1.82) is 0 Å². The maximum atomic E-state index is 12.4. The summed E-state index contributed by atoms with van der Waals surface area (Å²) < 4.78 is 24.7. The lowest BCUT2D eigenvalue weighted by Gasteiger charge is -2.28. The van der Waals surface area contributed by atoms with Gasteiger partial charge >= 0.3 is 0 Å². The number of sulfone groups is 1. The lowest BCUT2D eigenvalue weighted by atomic mass is 9.84. The summed E-state index contributed by atoms with van der Waals surface area (Å²) in [4.78, 5) is 12.5. The summed E-state index contributed by atoms with van der Waals surface area (Å²) in [5.41, 5.74) is 1.24. The average Bonchev–Trinajstić information content (AvgIpc) is 2.32. The maximum absolute atomic E-state index is 12.4. The molecule has 3 nitrogen and oxygen atoms in total. The number of carbonyl (C=O) groups excluding carboxylic acids is 1. The zero-order chi connectivity index (χ0) is 14.6. The molecule has 1 heterocycles. The van der Waals surface area contributed by atoms with Crippen LogP contribution >= 0.6 is 0 Å². The minimum absolute atomic E-state index is 0.0663. The van der Waals surface area contributed by atoms with Gasteiger partial charge in [0.15, 0.2) is 15.6 Å². The van der Waals surface area contributed by atoms with Gasteiger partial charge in [0, 0.05) is 11.5 Å². The Labute approximate surface area is 114 Å². The molecule has 0 bridgehead atoms. The average molecular weight is 280 g/mol. The molecule has 1 aliphatic rings. The molecule has 104 valence electrons. The smallest absolute Gasteiger partial charge is 0.182 e. The highest BCUT2D eigenvalue weighted by Gasteiger charge is 2.41. The van der Waals surface area contributed by atoms with Crippen LogP contribution in [-0.4, -0.2) is 19.5 Å². The maximum Gasteiger partial charge on any atom is 0.182 e. The molecule has 0 spiro atoms. The first-order valence-corrected chi connectivity index (χ1v) is 8.04. The van der Waals surface area contributed by atoms with Gasteiger partial charge in [-0.25, -0.2) is 8.42 Å². The van der Waals surface area contributed by atoms with Crippen LogP contribution in [0, 0.1) is 5.92 Å². The number of ketones is 1. The monoisotopic (exact) mass is 280 g/mol. The molecule has 2 atom stereocenters. The summed E-state index contributed by atoms with van der Waals surface area (Å²) in [6, 6.07) is 5.15. The van der Waals surface area contributed by atoms with Gasteiger partial charge in [-0.2, -0.15) is 0 Å². The van der Waals surface area contributed by atoms with Gasteiger partial charge in [0.1, 0.15) is 0 Å². The molecular formula is C15H20O3S. The van der Waals surface area contributed by atoms with Crippen molar-refractivity contribution in [2.75, 3.05) is 0 Å². The molecule has 2 unspecified atom stereocenters. The first-order valence-electron chi connectivity index (χ1n) is 6.49. The second kappa shape index (κ2) is 4.17. The van der Waals surface area contributed by atoms with Gasteiger partial charge in [0.2, 0.25) is 0 Å². The fourth-order valence-corrected chi connectivity index (χ4v) is 4.15. The molecule has 1 aromatic rings. The summed E-state index contributed by atoms with van der Waals surface area (Å²) in [7, 11) is -3.39. The van der Waals surface area contributed by atoms with Gasteiger partial charge in [-0.15, -0.1) is 0 Å². The third-order valence-corrected chi connectivity index (χ3v) is 6.38. The Kier molecular flexibility index (Phi) is 3.13. The van der Waals surface area contributed by atoms with Crippen molar-refractivity contribution in [1.82, 2.24) is 0 Å². The predicted molar refractivity (Wildman–Crippen MR) is 75.3 cm³/mol. The van der Waals surface area contributed by atoms with Crippen LogP contribution in [0.5, 0.6) is 0 Å². The molecule has 0 radical (unpaired) electrons. The topological polar surface area (TPSA) is 51.2 Å². The van der Waals surface area contributed by atoms with E-state index in [2.05, 4.69) is 0 Å². The van der Waals surface area contributed by atoms with Crippen molar-refractivity contribution in [2.45, 2.75) is 50.2 Å². The Bertz CT molecular complexity index is 636. The third-order valence-electron chi connectivity index (χ3n) is 4.02. The molecule has 2 rings (SSSR count). The normalized spacial score (nSPS) is 26.1. The van der Waals surface area contributed by atoms with Gasteiger partial charge in [-0.3, -0.25) is 4.79 Å². The lowest BCUT2D eigenvalue weighted by molar-refractivity contribution is 0.0920. The van der Waals surface area contributed by atoms with Gasteiger partial charge in [0.25, 0.3) is 0 Å². The Morgan fingerprint density at radius 1 is 1.11 bits per heavy atom. The van der Waals surface area contributed by atoms with Crippen molar-refractivity contribution < 1.29 is 13.2 Å². The molecule has 4 heteroatoms. The highest BCUT2D eigenvalue weighted by atomic mass is 32.2. The van der Waals surface area contributed by atoms with E-state index < -0.39 is 21.0 Å². The zero-order valence-corrected chi connectivity index (χ0v) is 12.8. The van der Waals surface area contributed by atoms with Crippen molar-refractivity contribution in [2.24, 2.45) is 5.92 Å². The van der Waals surface area contributed by atoms with Crippen molar-refractivity contribution in [3.63, 3.8) is 0 Å². The predicted octanol–water partition coefficient (Wildman–Crippen LogP) is 2.98. The van der Waals surface area contributed by atoms with E-state index in [0.29, 0.717) is 5.56 Å². The van der Waals surface area contributed by atoms with Crippen LogP contribution in [0.2, 0.25) is 0 Å². The van der Waals surface area contributed by atoms with Gasteiger partial charge in [0.05, 0.1) is 10.1 Å². The van der Waals surface area contributed by atoms with Gasteiger partial charge in [-0.1, -0.05) is 33.8 Å². The summed E-state index contributed by atoms with van der Waals surface area (Å²) in [5.74, 6) is -0.545. The van der Waals surface area contributed by atoms with E-state index in [4.69, 9.17) is 0 Å². The molecule has 0 saturated heterocycles. The molecule has 1 aliphatic heterocycles. The molecule has 0 aromatic heterocycles. The SMILES string of the molecule is CC1C(=O)c2cc(C(C)(C)C)ccc2S(=O)(=O)C1C. The van der Waals surface area contributed by atoms with E-state index in [0.717, 1.165) is 5.56 Å². The number of fused-ring (bicyclic) bond motifs is 1. The Balaban J connectivity index is 2.73. The second-order valence-corrected chi connectivity index (χ2v) is 8.64. The molecule has 0 N–H and O–H groups in total. The molecular weight excluding hydrogens is 260 g/mol. The first-order chi connectivity index (χ1) is 8.56. The Hall–Kier alpha value is -1.16. The molecule has 0 aliphatic carbocycles. The summed E-state index contributed by atoms with van der Waals surface area (Å²) in [6.45, 7) is 9.43. The van der Waals surface area contributed by atoms with Crippen LogP contribution < -0.4 is 0 Å². The first kappa shape index (κ1) is 14.3. The van der Waals surface area contributed by atoms with E-state index in [1.807, 2.05) is 26.8 Å². The second-order valence-electron chi connectivity index (χ2n) is 6.36. The number of benzene rings is 1. The van der Waals surface area contributed by atoms with E-state index in [-0.39, 0.29) is 16.1 Å². The number of hydrogen-bond donors (Lipinski definition) is 0. The van der Waals surface area contributed by atoms with Crippen LogP contribution in [-0.2, 0) is 15.3 Å². The van der Waals surface area contributed by atoms with E-state index in [9.17, 15) is 13.2 Å². The van der Waals surface area contributed by atoms with Crippen LogP contribution in [0.3, 0.4) is 0 Å². The van der Waals surface area contributed by atoms with Crippen LogP contribution in [0.15, 0.2) is 23.1 Å². The fraction of sp³-hybridized carbons (Fsp3) is 0.533. The zero-order valence-electron chi connectivity index (χ0n) is 12.0. The fourth-order valence-electron chi connectivity index (χ4n) is 2.36. The van der Waals surface area contributed by atoms with Crippen LogP contribution in [0.1, 0.15) is 50.5 Å². The minimum Gasteiger partial charge on any atom is -0.294 e. The van der Waals surface area contributed by atoms with Crippen LogP contribution in [0.4, 0.5) is 0 Å². The summed E-state index contributed by atoms with van der Waals surface area (Å²) >= 11 is 0. The highest BCUT2D eigenvalue weighted by Crippen LogP contribution is 2.35. The van der Waals surface area contributed by atoms with E-state index in [1.165, 1.54) is 0 Å². The number of hydrogen-bond acceptors (Lipinski definition) is 3. The molecule has 19 heavy (non-hydrogen) atoms. The Morgan fingerprint density at radius 3 is 2.21 bits per heavy atom. The standard InChI is InChI=1S/C15H20O3S/c1-9-10(2)19(17,18)13-7-6-11(15(3,4)5)8-12(13)14(9)16/h6-10H,1-5H3. The van der Waals surface area contributed by atoms with Gasteiger partial charge < -0.3 is 0 Å². The molecule has 0 saturated carbocycles. The van der Waals surface area contributed by atoms with E-state index in [1.54, 1.807) is 26.0 Å². The molecule has 0 amide bonds. The largest absolute Gasteiger partial charge is 0.294 e. The minimum atomic E-state index is -3.39. The van der Waals surface area contributed by atoms with Crippen molar-refractivity contribution in [3.05, 3.63) is 29.3 Å². The summed E-state index contributed by atoms with van der Waals surface area (Å²) in [6.07, 6.45) is 0. The quantitative estimate of drug-likeness (QED) is 0.734. The molecule has 1 aromatic carbocycles. The number of carbonyl (C=O) groups is 1. The van der Waals surface area contributed by atoms with E-state index >= 15 is 0 Å². The Morgan fingerprint density at radius 2 is 1.68 bits per heavy atom. The highest BCUT2D eigenvalue weighted by molar-refractivity contribution is 7.92. The summed E-state index contributed by atoms with van der Waals surface area (Å²) in [5, 5.41) is -0.645. The van der Waals surface area contributed by atoms with Gasteiger partial charge in [-0.05, 0) is 30.0 Å². The number of Topliss-reactive ketones (excluding diaryl/α,β-unsaturated/α-hetero) is 1.